The fourth-order valence-corrected chi connectivity index (χ4v) is 2.17. The maximum atomic E-state index is 11.8. The van der Waals surface area contributed by atoms with Gasteiger partial charge >= 0.3 is 5.97 Å². The van der Waals surface area contributed by atoms with Crippen LogP contribution in [0.25, 0.3) is 11.2 Å². The van der Waals surface area contributed by atoms with Gasteiger partial charge in [-0.15, -0.1) is 0 Å². The van der Waals surface area contributed by atoms with Crippen molar-refractivity contribution in [2.75, 3.05) is 12.8 Å². The molecule has 2 aromatic heterocycles. The largest absolute Gasteiger partial charge is 0.465 e. The predicted molar refractivity (Wildman–Crippen MR) is 76.6 cm³/mol. The number of carbonyl (C=O) groups is 1. The van der Waals surface area contributed by atoms with E-state index in [4.69, 9.17) is 10.5 Å². The quantitative estimate of drug-likeness (QED) is 0.726. The third kappa shape index (κ3) is 2.29. The van der Waals surface area contributed by atoms with Crippen LogP contribution < -0.4 is 5.73 Å². The van der Waals surface area contributed by atoms with Crippen LogP contribution in [0.5, 0.6) is 0 Å². The van der Waals surface area contributed by atoms with Crippen molar-refractivity contribution in [2.24, 2.45) is 0 Å². The third-order valence-electron chi connectivity index (χ3n) is 3.19. The number of ether oxygens (including phenoxy) is 1. The van der Waals surface area contributed by atoms with E-state index >= 15 is 0 Å². The number of hydrogen-bond donors (Lipinski definition) is 1. The van der Waals surface area contributed by atoms with Gasteiger partial charge in [0.2, 0.25) is 0 Å². The van der Waals surface area contributed by atoms with Gasteiger partial charge in [-0.3, -0.25) is 0 Å². The molecule has 3 aromatic rings. The third-order valence-corrected chi connectivity index (χ3v) is 3.19. The highest BCUT2D eigenvalue weighted by Crippen LogP contribution is 2.17. The fraction of sp³-hybridized carbons (Fsp3) is 0.143. The molecule has 0 saturated carbocycles. The lowest BCUT2D eigenvalue weighted by Gasteiger charge is -2.08. The number of carbonyl (C=O) groups excluding carboxylic acids is 1. The van der Waals surface area contributed by atoms with E-state index in [2.05, 4.69) is 15.0 Å². The van der Waals surface area contributed by atoms with Crippen LogP contribution in [-0.4, -0.2) is 32.6 Å². The van der Waals surface area contributed by atoms with Gasteiger partial charge in [0.05, 0.1) is 25.5 Å². The zero-order chi connectivity index (χ0) is 14.8. The molecule has 0 aliphatic carbocycles. The molecule has 0 unspecified atom stereocenters. The number of rotatable bonds is 3. The summed E-state index contributed by atoms with van der Waals surface area (Å²) in [6, 6.07) is 7.25. The maximum absolute atomic E-state index is 11.8. The van der Waals surface area contributed by atoms with Gasteiger partial charge in [0.25, 0.3) is 0 Å². The summed E-state index contributed by atoms with van der Waals surface area (Å²) >= 11 is 0. The van der Waals surface area contributed by atoms with E-state index in [9.17, 15) is 4.79 Å². The Morgan fingerprint density at radius 3 is 2.90 bits per heavy atom. The normalized spacial score (nSPS) is 10.7. The van der Waals surface area contributed by atoms with Gasteiger partial charge in [0.1, 0.15) is 11.8 Å². The molecule has 0 spiro atoms. The molecule has 0 bridgehead atoms. The SMILES string of the molecule is COC(=O)c1ccccc1Cn1cnc2c(N)ncnc21. The summed E-state index contributed by atoms with van der Waals surface area (Å²) < 4.78 is 6.61. The number of aromatic nitrogens is 4. The van der Waals surface area contributed by atoms with E-state index in [0.717, 1.165) is 5.56 Å². The number of benzene rings is 1. The fourth-order valence-electron chi connectivity index (χ4n) is 2.17. The standard InChI is InChI=1S/C14H13N5O2/c1-21-14(20)10-5-3-2-4-9(10)6-19-8-18-11-12(15)16-7-17-13(11)19/h2-5,7-8H,6H2,1H3,(H2,15,16,17). The Kier molecular flexibility index (Phi) is 3.23. The van der Waals surface area contributed by atoms with Gasteiger partial charge in [-0.25, -0.2) is 19.7 Å². The van der Waals surface area contributed by atoms with Crippen LogP contribution in [0.1, 0.15) is 15.9 Å². The first-order chi connectivity index (χ1) is 10.2. The van der Waals surface area contributed by atoms with Gasteiger partial charge in [-0.2, -0.15) is 0 Å². The molecule has 2 heterocycles. The summed E-state index contributed by atoms with van der Waals surface area (Å²) in [4.78, 5) is 24.1. The molecule has 106 valence electrons. The van der Waals surface area contributed by atoms with Crippen molar-refractivity contribution in [3.05, 3.63) is 48.0 Å². The Bertz CT molecular complexity index is 812. The number of fused-ring (bicyclic) bond motifs is 1. The molecule has 0 fully saturated rings. The second-order valence-corrected chi connectivity index (χ2v) is 4.45. The molecule has 2 N–H and O–H groups in total. The number of imidazole rings is 1. The van der Waals surface area contributed by atoms with Crippen LogP contribution >= 0.6 is 0 Å². The van der Waals surface area contributed by atoms with Gasteiger partial charge in [0, 0.05) is 0 Å². The number of nitrogen functional groups attached to an aromatic ring is 1. The molecular weight excluding hydrogens is 270 g/mol. The molecule has 21 heavy (non-hydrogen) atoms. The number of anilines is 1. The molecule has 0 amide bonds. The van der Waals surface area contributed by atoms with Crippen LogP contribution in [0.4, 0.5) is 5.82 Å². The summed E-state index contributed by atoms with van der Waals surface area (Å²) in [6.07, 6.45) is 3.02. The summed E-state index contributed by atoms with van der Waals surface area (Å²) in [5, 5.41) is 0. The molecular formula is C14H13N5O2. The second kappa shape index (κ2) is 5.20. The molecule has 3 rings (SSSR count). The minimum Gasteiger partial charge on any atom is -0.465 e. The molecule has 7 heteroatoms. The van der Waals surface area contributed by atoms with E-state index in [1.165, 1.54) is 13.4 Å². The number of nitrogens with zero attached hydrogens (tertiary/aromatic N) is 4. The highest BCUT2D eigenvalue weighted by atomic mass is 16.5. The van der Waals surface area contributed by atoms with Crippen LogP contribution in [0, 0.1) is 0 Å². The lowest BCUT2D eigenvalue weighted by Crippen LogP contribution is -2.09. The van der Waals surface area contributed by atoms with Gasteiger partial charge in [0.15, 0.2) is 11.5 Å². The highest BCUT2D eigenvalue weighted by molar-refractivity contribution is 5.91. The van der Waals surface area contributed by atoms with Gasteiger partial charge in [-0.05, 0) is 11.6 Å². The highest BCUT2D eigenvalue weighted by Gasteiger charge is 2.13. The molecule has 7 nitrogen and oxygen atoms in total. The summed E-state index contributed by atoms with van der Waals surface area (Å²) in [7, 11) is 1.36. The number of esters is 1. The first-order valence-corrected chi connectivity index (χ1v) is 6.28. The molecule has 1 aromatic carbocycles. The van der Waals surface area contributed by atoms with E-state index in [-0.39, 0.29) is 5.97 Å². The smallest absolute Gasteiger partial charge is 0.338 e. The van der Waals surface area contributed by atoms with E-state index in [1.807, 2.05) is 16.7 Å². The van der Waals surface area contributed by atoms with Crippen molar-refractivity contribution in [1.82, 2.24) is 19.5 Å². The minimum atomic E-state index is -0.371. The predicted octanol–water partition coefficient (Wildman–Crippen LogP) is 1.24. The monoisotopic (exact) mass is 283 g/mol. The topological polar surface area (TPSA) is 95.9 Å². The van der Waals surface area contributed by atoms with Crippen molar-refractivity contribution >= 4 is 23.0 Å². The summed E-state index contributed by atoms with van der Waals surface area (Å²) in [5.41, 5.74) is 8.28. The molecule has 0 saturated heterocycles. The number of hydrogen-bond acceptors (Lipinski definition) is 6. The van der Waals surface area contributed by atoms with Crippen molar-refractivity contribution in [3.63, 3.8) is 0 Å². The lowest BCUT2D eigenvalue weighted by molar-refractivity contribution is 0.0599. The Morgan fingerprint density at radius 1 is 1.29 bits per heavy atom. The average Bonchev–Trinajstić information content (AvgIpc) is 2.92. The second-order valence-electron chi connectivity index (χ2n) is 4.45. The van der Waals surface area contributed by atoms with Crippen molar-refractivity contribution < 1.29 is 9.53 Å². The minimum absolute atomic E-state index is 0.333. The van der Waals surface area contributed by atoms with Crippen molar-refractivity contribution in [1.29, 1.82) is 0 Å². The number of nitrogens with two attached hydrogens (primary N) is 1. The first-order valence-electron chi connectivity index (χ1n) is 6.28. The van der Waals surface area contributed by atoms with Gasteiger partial charge < -0.3 is 15.0 Å². The Labute approximate surface area is 120 Å². The van der Waals surface area contributed by atoms with Crippen molar-refractivity contribution in [2.45, 2.75) is 6.54 Å². The molecule has 0 atom stereocenters. The first kappa shape index (κ1) is 13.0. The van der Waals surface area contributed by atoms with Crippen LogP contribution in [0.15, 0.2) is 36.9 Å². The number of methoxy groups -OCH3 is 1. The van der Waals surface area contributed by atoms with E-state index < -0.39 is 0 Å². The van der Waals surface area contributed by atoms with Crippen molar-refractivity contribution in [3.8, 4) is 0 Å². The Hall–Kier alpha value is -2.96. The summed E-state index contributed by atoms with van der Waals surface area (Å²) in [5.74, 6) is -0.0378. The Morgan fingerprint density at radius 2 is 2.10 bits per heavy atom. The van der Waals surface area contributed by atoms with Crippen LogP contribution in [0.2, 0.25) is 0 Å². The molecule has 0 aliphatic heterocycles. The van der Waals surface area contributed by atoms with E-state index in [0.29, 0.717) is 29.1 Å². The average molecular weight is 283 g/mol. The maximum Gasteiger partial charge on any atom is 0.338 e. The zero-order valence-electron chi connectivity index (χ0n) is 11.4. The zero-order valence-corrected chi connectivity index (χ0v) is 11.4. The summed E-state index contributed by atoms with van der Waals surface area (Å²) in [6.45, 7) is 0.443. The van der Waals surface area contributed by atoms with Gasteiger partial charge in [-0.1, -0.05) is 18.2 Å². The van der Waals surface area contributed by atoms with Crippen LogP contribution in [0.3, 0.4) is 0 Å². The van der Waals surface area contributed by atoms with Crippen LogP contribution in [-0.2, 0) is 11.3 Å². The Balaban J connectivity index is 2.04. The lowest BCUT2D eigenvalue weighted by atomic mass is 10.1. The molecule has 0 aliphatic rings. The van der Waals surface area contributed by atoms with E-state index in [1.54, 1.807) is 18.5 Å². The molecule has 0 radical (unpaired) electrons.